The Kier molecular flexibility index (Phi) is 2.88. The summed E-state index contributed by atoms with van der Waals surface area (Å²) in [5.41, 5.74) is 0. The quantitative estimate of drug-likeness (QED) is 0.579. The maximum Gasteiger partial charge on any atom is 0.328 e. The molecule has 0 radical (unpaired) electrons. The zero-order valence-corrected chi connectivity index (χ0v) is 9.48. The van der Waals surface area contributed by atoms with Crippen molar-refractivity contribution in [2.75, 3.05) is 6.66 Å². The second kappa shape index (κ2) is 3.89. The van der Waals surface area contributed by atoms with Crippen molar-refractivity contribution in [2.45, 2.75) is 32.0 Å². The van der Waals surface area contributed by atoms with E-state index in [1.807, 2.05) is 0 Å². The zero-order chi connectivity index (χ0) is 11.1. The van der Waals surface area contributed by atoms with Gasteiger partial charge in [-0.15, -0.1) is 0 Å². The van der Waals surface area contributed by atoms with Gasteiger partial charge in [0.05, 0.1) is 5.92 Å². The van der Waals surface area contributed by atoms with Gasteiger partial charge in [0.2, 0.25) is 6.29 Å². The molecule has 6 heteroatoms. The van der Waals surface area contributed by atoms with Gasteiger partial charge in [-0.25, -0.2) is 0 Å². The summed E-state index contributed by atoms with van der Waals surface area (Å²) in [6, 6.07) is 0. The molecule has 0 amide bonds. The highest BCUT2D eigenvalue weighted by Gasteiger charge is 2.47. The molecule has 0 aromatic heterocycles. The summed E-state index contributed by atoms with van der Waals surface area (Å²) in [4.78, 5) is 20.5. The molecule has 4 atom stereocenters. The Morgan fingerprint density at radius 3 is 2.80 bits per heavy atom. The lowest BCUT2D eigenvalue weighted by molar-refractivity contribution is -0.154. The Labute approximate surface area is 88.3 Å². The number of esters is 1. The third kappa shape index (κ3) is 2.41. The Morgan fingerprint density at radius 1 is 1.47 bits per heavy atom. The lowest BCUT2D eigenvalue weighted by Crippen LogP contribution is -2.25. The van der Waals surface area contributed by atoms with Crippen LogP contribution in [0.2, 0.25) is 0 Å². The molecular formula is C9H15O5P. The molecule has 86 valence electrons. The molecule has 1 saturated heterocycles. The highest BCUT2D eigenvalue weighted by atomic mass is 31.2. The number of cyclic esters (lactones) is 1. The van der Waals surface area contributed by atoms with E-state index in [0.29, 0.717) is 0 Å². The first-order valence-corrected chi connectivity index (χ1v) is 7.19. The van der Waals surface area contributed by atoms with E-state index in [2.05, 4.69) is 0 Å². The zero-order valence-electron chi connectivity index (χ0n) is 8.59. The predicted molar refractivity (Wildman–Crippen MR) is 52.2 cm³/mol. The number of carbonyl (C=O) groups is 1. The van der Waals surface area contributed by atoms with Crippen LogP contribution in [-0.2, 0) is 18.6 Å². The number of rotatable bonds is 2. The van der Waals surface area contributed by atoms with Crippen LogP contribution in [0.4, 0.5) is 0 Å². The van der Waals surface area contributed by atoms with E-state index >= 15 is 0 Å². The largest absolute Gasteiger partial charge is 0.435 e. The summed E-state index contributed by atoms with van der Waals surface area (Å²) < 4.78 is 21.0. The van der Waals surface area contributed by atoms with Crippen LogP contribution in [0.3, 0.4) is 0 Å². The number of hydrogen-bond acceptors (Lipinski definition) is 4. The number of fused-ring (bicyclic) bond motifs is 1. The molecule has 0 aromatic rings. The molecule has 1 N–H and O–H groups in total. The third-order valence-electron chi connectivity index (χ3n) is 3.00. The van der Waals surface area contributed by atoms with Crippen molar-refractivity contribution >= 4 is 13.6 Å². The van der Waals surface area contributed by atoms with Crippen LogP contribution in [0.5, 0.6) is 0 Å². The third-order valence-corrected chi connectivity index (χ3v) is 3.60. The van der Waals surface area contributed by atoms with Crippen LogP contribution < -0.4 is 0 Å². The van der Waals surface area contributed by atoms with Crippen LogP contribution in [0, 0.1) is 11.8 Å². The Bertz CT molecular complexity index is 310. The number of carbonyl (C=O) groups excluding carboxylic acids is 1. The number of ether oxygens (including phenoxy) is 1. The summed E-state index contributed by atoms with van der Waals surface area (Å²) in [5.74, 6) is -0.444. The minimum Gasteiger partial charge on any atom is -0.435 e. The SMILES string of the molecule is CP(=O)(O)OC1OC(=O)C2CCCCC12. The molecule has 4 unspecified atom stereocenters. The Balaban J connectivity index is 2.08. The molecule has 2 fully saturated rings. The van der Waals surface area contributed by atoms with Crippen LogP contribution in [-0.4, -0.2) is 23.8 Å². The van der Waals surface area contributed by atoms with Crippen molar-refractivity contribution in [3.8, 4) is 0 Å². The molecule has 2 rings (SSSR count). The Morgan fingerprint density at radius 2 is 2.13 bits per heavy atom. The van der Waals surface area contributed by atoms with Crippen molar-refractivity contribution in [1.82, 2.24) is 0 Å². The molecule has 0 bridgehead atoms. The van der Waals surface area contributed by atoms with Crippen molar-refractivity contribution in [1.29, 1.82) is 0 Å². The van der Waals surface area contributed by atoms with Crippen LogP contribution in [0.25, 0.3) is 0 Å². The van der Waals surface area contributed by atoms with Gasteiger partial charge in [0.1, 0.15) is 0 Å². The summed E-state index contributed by atoms with van der Waals surface area (Å²) in [6.45, 7) is 1.11. The average Bonchev–Trinajstić information content (AvgIpc) is 2.42. The molecular weight excluding hydrogens is 219 g/mol. The van der Waals surface area contributed by atoms with E-state index in [0.717, 1.165) is 32.3 Å². The van der Waals surface area contributed by atoms with E-state index in [4.69, 9.17) is 14.2 Å². The lowest BCUT2D eigenvalue weighted by Gasteiger charge is -2.25. The van der Waals surface area contributed by atoms with E-state index in [9.17, 15) is 9.36 Å². The van der Waals surface area contributed by atoms with E-state index in [1.165, 1.54) is 0 Å². The first-order valence-electron chi connectivity index (χ1n) is 5.16. The van der Waals surface area contributed by atoms with Crippen molar-refractivity contribution in [2.24, 2.45) is 11.8 Å². The fraction of sp³-hybridized carbons (Fsp3) is 0.889. The van der Waals surface area contributed by atoms with Gasteiger partial charge >= 0.3 is 13.6 Å². The molecule has 5 nitrogen and oxygen atoms in total. The second-order valence-electron chi connectivity index (χ2n) is 4.27. The average molecular weight is 234 g/mol. The number of hydrogen-bond donors (Lipinski definition) is 1. The fourth-order valence-corrected chi connectivity index (χ4v) is 2.94. The van der Waals surface area contributed by atoms with Crippen LogP contribution in [0.1, 0.15) is 25.7 Å². The molecule has 15 heavy (non-hydrogen) atoms. The minimum atomic E-state index is -3.58. The highest BCUT2D eigenvalue weighted by Crippen LogP contribution is 2.47. The molecule has 1 aliphatic carbocycles. The van der Waals surface area contributed by atoms with Gasteiger partial charge in [0.15, 0.2) is 0 Å². The monoisotopic (exact) mass is 234 g/mol. The second-order valence-corrected chi connectivity index (χ2v) is 6.09. The summed E-state index contributed by atoms with van der Waals surface area (Å²) in [7, 11) is -3.58. The molecule has 0 spiro atoms. The van der Waals surface area contributed by atoms with E-state index in [1.54, 1.807) is 0 Å². The molecule has 1 heterocycles. The molecule has 0 aromatic carbocycles. The molecule has 2 aliphatic rings. The first-order chi connectivity index (χ1) is 6.97. The molecule has 1 aliphatic heterocycles. The topological polar surface area (TPSA) is 72.8 Å². The maximum atomic E-state index is 11.4. The van der Waals surface area contributed by atoms with Gasteiger partial charge in [-0.05, 0) is 12.8 Å². The van der Waals surface area contributed by atoms with Gasteiger partial charge in [-0.2, -0.15) is 0 Å². The maximum absolute atomic E-state index is 11.4. The Hall–Kier alpha value is -0.380. The summed E-state index contributed by atoms with van der Waals surface area (Å²) in [6.07, 6.45) is 2.87. The van der Waals surface area contributed by atoms with E-state index < -0.39 is 13.9 Å². The van der Waals surface area contributed by atoms with Gasteiger partial charge in [-0.1, -0.05) is 12.8 Å². The van der Waals surface area contributed by atoms with Crippen molar-refractivity contribution < 1.29 is 23.5 Å². The van der Waals surface area contributed by atoms with Gasteiger partial charge in [0.25, 0.3) is 0 Å². The first kappa shape index (κ1) is 11.1. The van der Waals surface area contributed by atoms with Gasteiger partial charge in [0, 0.05) is 12.6 Å². The lowest BCUT2D eigenvalue weighted by atomic mass is 9.81. The highest BCUT2D eigenvalue weighted by molar-refractivity contribution is 7.51. The predicted octanol–water partition coefficient (Wildman–Crippen LogP) is 1.51. The standard InChI is InChI=1S/C9H15O5P/c1-15(11,12)14-9-7-5-3-2-4-6(7)8(10)13-9/h6-7,9H,2-5H2,1H3,(H,11,12). The van der Waals surface area contributed by atoms with E-state index in [-0.39, 0.29) is 17.8 Å². The van der Waals surface area contributed by atoms with Crippen LogP contribution in [0.15, 0.2) is 0 Å². The van der Waals surface area contributed by atoms with Gasteiger partial charge < -0.3 is 9.63 Å². The normalized spacial score (nSPS) is 39.3. The van der Waals surface area contributed by atoms with Crippen molar-refractivity contribution in [3.63, 3.8) is 0 Å². The van der Waals surface area contributed by atoms with Crippen molar-refractivity contribution in [3.05, 3.63) is 0 Å². The van der Waals surface area contributed by atoms with Crippen LogP contribution >= 0.6 is 7.60 Å². The summed E-state index contributed by atoms with van der Waals surface area (Å²) in [5, 5.41) is 0. The summed E-state index contributed by atoms with van der Waals surface area (Å²) >= 11 is 0. The fourth-order valence-electron chi connectivity index (χ4n) is 2.36. The smallest absolute Gasteiger partial charge is 0.328 e. The molecule has 1 saturated carbocycles. The minimum absolute atomic E-state index is 0.0355. The van der Waals surface area contributed by atoms with Gasteiger partial charge in [-0.3, -0.25) is 13.9 Å².